The summed E-state index contributed by atoms with van der Waals surface area (Å²) in [7, 11) is 0. The van der Waals surface area contributed by atoms with E-state index in [9.17, 15) is 4.39 Å². The highest BCUT2D eigenvalue weighted by atomic mass is 35.5. The fourth-order valence-electron chi connectivity index (χ4n) is 1.89. The van der Waals surface area contributed by atoms with Gasteiger partial charge in [0.05, 0.1) is 16.7 Å². The molecule has 1 aromatic rings. The lowest BCUT2D eigenvalue weighted by molar-refractivity contribution is 0.0595. The van der Waals surface area contributed by atoms with Crippen LogP contribution in [0.4, 0.5) is 10.1 Å². The number of halogens is 3. The van der Waals surface area contributed by atoms with E-state index in [0.717, 1.165) is 38.3 Å². The van der Waals surface area contributed by atoms with Crippen LogP contribution in [-0.4, -0.2) is 19.8 Å². The van der Waals surface area contributed by atoms with Gasteiger partial charge in [0.15, 0.2) is 5.82 Å². The molecule has 1 saturated heterocycles. The average Bonchev–Trinajstić information content (AvgIpc) is 2.34. The van der Waals surface area contributed by atoms with Gasteiger partial charge in [-0.2, -0.15) is 0 Å². The molecule has 0 amide bonds. The van der Waals surface area contributed by atoms with Crippen molar-refractivity contribution < 1.29 is 9.13 Å². The molecule has 1 heterocycles. The average molecular weight is 278 g/mol. The second kappa shape index (κ2) is 5.89. The molecule has 1 aliphatic rings. The molecule has 17 heavy (non-hydrogen) atoms. The fourth-order valence-corrected chi connectivity index (χ4v) is 2.38. The molecule has 0 radical (unpaired) electrons. The SMILES string of the molecule is Fc1c(Cl)cc(NCC2CCCOC2)cc1Cl. The van der Waals surface area contributed by atoms with Gasteiger partial charge in [-0.3, -0.25) is 0 Å². The summed E-state index contributed by atoms with van der Waals surface area (Å²) in [4.78, 5) is 0. The Morgan fingerprint density at radius 1 is 1.35 bits per heavy atom. The number of hydrogen-bond acceptors (Lipinski definition) is 2. The second-order valence-corrected chi connectivity index (χ2v) is 5.03. The van der Waals surface area contributed by atoms with E-state index in [1.807, 2.05) is 0 Å². The van der Waals surface area contributed by atoms with Gasteiger partial charge in [-0.15, -0.1) is 0 Å². The topological polar surface area (TPSA) is 21.3 Å². The molecule has 1 atom stereocenters. The third kappa shape index (κ3) is 3.47. The third-order valence-corrected chi connectivity index (χ3v) is 3.38. The summed E-state index contributed by atoms with van der Waals surface area (Å²) in [6.45, 7) is 2.42. The summed E-state index contributed by atoms with van der Waals surface area (Å²) in [5.74, 6) is -0.0776. The monoisotopic (exact) mass is 277 g/mol. The molecule has 1 N–H and O–H groups in total. The van der Waals surface area contributed by atoms with E-state index >= 15 is 0 Å². The third-order valence-electron chi connectivity index (χ3n) is 2.83. The van der Waals surface area contributed by atoms with Crippen LogP contribution < -0.4 is 5.32 Å². The van der Waals surface area contributed by atoms with Gasteiger partial charge in [-0.05, 0) is 30.9 Å². The van der Waals surface area contributed by atoms with Crippen molar-refractivity contribution in [2.24, 2.45) is 5.92 Å². The van der Waals surface area contributed by atoms with Crippen molar-refractivity contribution in [3.8, 4) is 0 Å². The molecular weight excluding hydrogens is 264 g/mol. The number of ether oxygens (including phenoxy) is 1. The summed E-state index contributed by atoms with van der Waals surface area (Å²) in [6.07, 6.45) is 2.24. The molecule has 0 aliphatic carbocycles. The van der Waals surface area contributed by atoms with Crippen molar-refractivity contribution >= 4 is 28.9 Å². The van der Waals surface area contributed by atoms with Gasteiger partial charge in [-0.25, -0.2) is 4.39 Å². The van der Waals surface area contributed by atoms with Crippen molar-refractivity contribution in [1.82, 2.24) is 0 Å². The number of anilines is 1. The fraction of sp³-hybridized carbons (Fsp3) is 0.500. The van der Waals surface area contributed by atoms with Crippen LogP contribution >= 0.6 is 23.2 Å². The Hall–Kier alpha value is -0.510. The van der Waals surface area contributed by atoms with Crippen molar-refractivity contribution in [2.45, 2.75) is 12.8 Å². The molecule has 94 valence electrons. The van der Waals surface area contributed by atoms with E-state index in [4.69, 9.17) is 27.9 Å². The molecule has 1 aromatic carbocycles. The Morgan fingerprint density at radius 2 is 2.06 bits per heavy atom. The van der Waals surface area contributed by atoms with Crippen LogP contribution in [0.15, 0.2) is 12.1 Å². The lowest BCUT2D eigenvalue weighted by Crippen LogP contribution is -2.24. The van der Waals surface area contributed by atoms with Gasteiger partial charge in [0, 0.05) is 18.8 Å². The van der Waals surface area contributed by atoms with Crippen LogP contribution in [0.1, 0.15) is 12.8 Å². The lowest BCUT2D eigenvalue weighted by Gasteiger charge is -2.22. The van der Waals surface area contributed by atoms with Gasteiger partial charge >= 0.3 is 0 Å². The van der Waals surface area contributed by atoms with E-state index in [1.54, 1.807) is 12.1 Å². The van der Waals surface area contributed by atoms with E-state index in [1.165, 1.54) is 0 Å². The highest BCUT2D eigenvalue weighted by Crippen LogP contribution is 2.27. The maximum atomic E-state index is 13.2. The smallest absolute Gasteiger partial charge is 0.160 e. The Morgan fingerprint density at radius 3 is 2.65 bits per heavy atom. The van der Waals surface area contributed by atoms with Gasteiger partial charge in [0.2, 0.25) is 0 Å². The van der Waals surface area contributed by atoms with Gasteiger partial charge < -0.3 is 10.1 Å². The van der Waals surface area contributed by atoms with Gasteiger partial charge in [-0.1, -0.05) is 23.2 Å². The Labute approximate surface area is 110 Å². The quantitative estimate of drug-likeness (QED) is 0.845. The zero-order chi connectivity index (χ0) is 12.3. The first kappa shape index (κ1) is 12.9. The molecule has 0 saturated carbocycles. The van der Waals surface area contributed by atoms with Crippen LogP contribution in [0.3, 0.4) is 0 Å². The zero-order valence-electron chi connectivity index (χ0n) is 9.31. The molecule has 0 aromatic heterocycles. The van der Waals surface area contributed by atoms with Crippen molar-refractivity contribution in [3.05, 3.63) is 28.0 Å². The summed E-state index contributed by atoms with van der Waals surface area (Å²) < 4.78 is 18.6. The van der Waals surface area contributed by atoms with E-state index in [0.29, 0.717) is 5.92 Å². The van der Waals surface area contributed by atoms with Crippen LogP contribution in [0.5, 0.6) is 0 Å². The number of benzene rings is 1. The molecular formula is C12H14Cl2FNO. The van der Waals surface area contributed by atoms with Crippen molar-refractivity contribution in [3.63, 3.8) is 0 Å². The van der Waals surface area contributed by atoms with Crippen molar-refractivity contribution in [2.75, 3.05) is 25.1 Å². The van der Waals surface area contributed by atoms with E-state index in [-0.39, 0.29) is 10.0 Å². The number of nitrogens with one attached hydrogen (secondary N) is 1. The van der Waals surface area contributed by atoms with Crippen molar-refractivity contribution in [1.29, 1.82) is 0 Å². The maximum Gasteiger partial charge on any atom is 0.160 e. The molecule has 1 fully saturated rings. The molecule has 5 heteroatoms. The van der Waals surface area contributed by atoms with Crippen LogP contribution in [0, 0.1) is 11.7 Å². The van der Waals surface area contributed by atoms with Gasteiger partial charge in [0.25, 0.3) is 0 Å². The molecule has 1 aliphatic heterocycles. The molecule has 1 unspecified atom stereocenters. The molecule has 0 spiro atoms. The van der Waals surface area contributed by atoms with Crippen LogP contribution in [0.25, 0.3) is 0 Å². The number of rotatable bonds is 3. The first-order valence-corrected chi connectivity index (χ1v) is 6.38. The number of hydrogen-bond donors (Lipinski definition) is 1. The van der Waals surface area contributed by atoms with Crippen LogP contribution in [0.2, 0.25) is 10.0 Å². The summed E-state index contributed by atoms with van der Waals surface area (Å²) in [6, 6.07) is 3.10. The molecule has 2 nitrogen and oxygen atoms in total. The standard InChI is InChI=1S/C12H14Cl2FNO/c13-10-4-9(5-11(14)12(10)15)16-6-8-2-1-3-17-7-8/h4-5,8,16H,1-3,6-7H2. The van der Waals surface area contributed by atoms with Crippen LogP contribution in [-0.2, 0) is 4.74 Å². The Bertz CT molecular complexity index is 371. The minimum atomic E-state index is -0.570. The first-order chi connectivity index (χ1) is 8.16. The summed E-state index contributed by atoms with van der Waals surface area (Å²) in [5, 5.41) is 3.29. The Kier molecular flexibility index (Phi) is 4.48. The summed E-state index contributed by atoms with van der Waals surface area (Å²) >= 11 is 11.4. The minimum absolute atomic E-state index is 0.0416. The van der Waals surface area contributed by atoms with E-state index < -0.39 is 5.82 Å². The highest BCUT2D eigenvalue weighted by molar-refractivity contribution is 6.35. The zero-order valence-corrected chi connectivity index (χ0v) is 10.8. The Balaban J connectivity index is 1.94. The molecule has 2 rings (SSSR count). The van der Waals surface area contributed by atoms with E-state index in [2.05, 4.69) is 5.32 Å². The second-order valence-electron chi connectivity index (χ2n) is 4.22. The normalized spacial score (nSPS) is 20.3. The largest absolute Gasteiger partial charge is 0.385 e. The molecule has 0 bridgehead atoms. The minimum Gasteiger partial charge on any atom is -0.385 e. The predicted octanol–water partition coefficient (Wildman–Crippen LogP) is 3.97. The van der Waals surface area contributed by atoms with Gasteiger partial charge in [0.1, 0.15) is 0 Å². The summed E-state index contributed by atoms with van der Waals surface area (Å²) in [5.41, 5.74) is 0.743. The maximum absolute atomic E-state index is 13.2. The highest BCUT2D eigenvalue weighted by Gasteiger charge is 2.14. The first-order valence-electron chi connectivity index (χ1n) is 5.63. The predicted molar refractivity (Wildman–Crippen MR) is 68.5 cm³/mol. The lowest BCUT2D eigenvalue weighted by atomic mass is 10.0.